The van der Waals surface area contributed by atoms with E-state index in [9.17, 15) is 0 Å². The minimum Gasteiger partial charge on any atom is -0.496 e. The molecular weight excluding hydrogens is 248 g/mol. The summed E-state index contributed by atoms with van der Waals surface area (Å²) in [5.74, 6) is 0.937. The average Bonchev–Trinajstić information content (AvgIpc) is 2.48. The van der Waals surface area contributed by atoms with Crippen LogP contribution < -0.4 is 10.5 Å². The van der Waals surface area contributed by atoms with Crippen LogP contribution in [0.25, 0.3) is 0 Å². The van der Waals surface area contributed by atoms with E-state index in [0.29, 0.717) is 6.54 Å². The Morgan fingerprint density at radius 3 is 2.10 bits per heavy atom. The van der Waals surface area contributed by atoms with Crippen molar-refractivity contribution in [3.05, 3.63) is 65.2 Å². The molecule has 0 fully saturated rings. The lowest BCUT2D eigenvalue weighted by atomic mass is 10.1. The summed E-state index contributed by atoms with van der Waals surface area (Å²) < 4.78 is 5.39. The number of hydrogen-bond acceptors (Lipinski definition) is 3. The molecule has 20 heavy (non-hydrogen) atoms. The highest BCUT2D eigenvalue weighted by Crippen LogP contribution is 2.20. The molecule has 0 radical (unpaired) electrons. The van der Waals surface area contributed by atoms with E-state index in [1.807, 2.05) is 24.3 Å². The molecule has 2 aromatic rings. The first-order valence-electron chi connectivity index (χ1n) is 6.82. The van der Waals surface area contributed by atoms with Gasteiger partial charge in [-0.05, 0) is 24.2 Å². The molecule has 0 unspecified atom stereocenters. The first-order valence-corrected chi connectivity index (χ1v) is 6.82. The van der Waals surface area contributed by atoms with Crippen molar-refractivity contribution in [2.24, 2.45) is 5.73 Å². The fourth-order valence-corrected chi connectivity index (χ4v) is 2.38. The summed E-state index contributed by atoms with van der Waals surface area (Å²) in [6, 6.07) is 16.5. The molecule has 0 atom stereocenters. The molecule has 0 spiro atoms. The van der Waals surface area contributed by atoms with Crippen molar-refractivity contribution < 1.29 is 4.74 Å². The maximum Gasteiger partial charge on any atom is 0.123 e. The van der Waals surface area contributed by atoms with E-state index in [1.165, 1.54) is 16.7 Å². The van der Waals surface area contributed by atoms with Gasteiger partial charge in [-0.2, -0.15) is 0 Å². The largest absolute Gasteiger partial charge is 0.496 e. The number of nitrogens with zero attached hydrogens (tertiary/aromatic N) is 1. The van der Waals surface area contributed by atoms with Crippen molar-refractivity contribution in [1.29, 1.82) is 0 Å². The van der Waals surface area contributed by atoms with E-state index in [4.69, 9.17) is 10.5 Å². The zero-order valence-corrected chi connectivity index (χ0v) is 12.2. The van der Waals surface area contributed by atoms with Gasteiger partial charge in [0.2, 0.25) is 0 Å². The van der Waals surface area contributed by atoms with E-state index in [2.05, 4.69) is 36.2 Å². The van der Waals surface area contributed by atoms with E-state index >= 15 is 0 Å². The molecule has 2 N–H and O–H groups in total. The molecule has 0 heterocycles. The summed E-state index contributed by atoms with van der Waals surface area (Å²) in [5.41, 5.74) is 9.48. The maximum atomic E-state index is 5.79. The van der Waals surface area contributed by atoms with Crippen LogP contribution in [0.4, 0.5) is 0 Å². The highest BCUT2D eigenvalue weighted by molar-refractivity contribution is 5.33. The fourth-order valence-electron chi connectivity index (χ4n) is 2.38. The zero-order valence-electron chi connectivity index (χ0n) is 12.2. The summed E-state index contributed by atoms with van der Waals surface area (Å²) in [6.45, 7) is 2.31. The molecule has 3 nitrogen and oxygen atoms in total. The van der Waals surface area contributed by atoms with Gasteiger partial charge in [-0.1, -0.05) is 42.5 Å². The summed E-state index contributed by atoms with van der Waals surface area (Å²) >= 11 is 0. The van der Waals surface area contributed by atoms with Crippen LogP contribution in [0.3, 0.4) is 0 Å². The highest BCUT2D eigenvalue weighted by atomic mass is 16.5. The maximum absolute atomic E-state index is 5.79. The predicted molar refractivity (Wildman–Crippen MR) is 82.5 cm³/mol. The molecule has 0 aliphatic carbocycles. The molecule has 3 heteroatoms. The first-order chi connectivity index (χ1) is 9.74. The fraction of sp³-hybridized carbons (Fsp3) is 0.294. The summed E-state index contributed by atoms with van der Waals surface area (Å²) in [5, 5.41) is 0. The zero-order chi connectivity index (χ0) is 14.4. The molecule has 2 rings (SSSR count). The van der Waals surface area contributed by atoms with Gasteiger partial charge in [0, 0.05) is 25.2 Å². The van der Waals surface area contributed by atoms with Gasteiger partial charge < -0.3 is 10.5 Å². The molecule has 2 aromatic carbocycles. The Labute approximate surface area is 121 Å². The Kier molecular flexibility index (Phi) is 5.16. The van der Waals surface area contributed by atoms with Gasteiger partial charge >= 0.3 is 0 Å². The molecule has 0 saturated carbocycles. The average molecular weight is 270 g/mol. The second-order valence-corrected chi connectivity index (χ2v) is 4.96. The number of para-hydroxylation sites is 1. The van der Waals surface area contributed by atoms with Crippen LogP contribution in [0.15, 0.2) is 48.5 Å². The van der Waals surface area contributed by atoms with Crippen LogP contribution in [-0.4, -0.2) is 19.1 Å². The standard InChI is InChI=1S/C17H22N2O/c1-19(12-15-8-4-3-7-14(15)11-18)13-16-9-5-6-10-17(16)20-2/h3-10H,11-13,18H2,1-2H3. The molecule has 0 saturated heterocycles. The normalized spacial score (nSPS) is 10.8. The Bertz CT molecular complexity index is 505. The second-order valence-electron chi connectivity index (χ2n) is 4.96. The SMILES string of the molecule is COc1ccccc1CN(C)Cc1ccccc1CN. The molecule has 0 aliphatic rings. The summed E-state index contributed by atoms with van der Waals surface area (Å²) in [4.78, 5) is 2.27. The number of rotatable bonds is 6. The van der Waals surface area contributed by atoms with Gasteiger partial charge in [-0.15, -0.1) is 0 Å². The van der Waals surface area contributed by atoms with Crippen molar-refractivity contribution in [3.8, 4) is 5.75 Å². The molecule has 0 aromatic heterocycles. The lowest BCUT2D eigenvalue weighted by Gasteiger charge is -2.20. The summed E-state index contributed by atoms with van der Waals surface area (Å²) in [6.07, 6.45) is 0. The number of methoxy groups -OCH3 is 1. The topological polar surface area (TPSA) is 38.5 Å². The summed E-state index contributed by atoms with van der Waals surface area (Å²) in [7, 11) is 3.82. The lowest BCUT2D eigenvalue weighted by molar-refractivity contribution is 0.309. The van der Waals surface area contributed by atoms with Crippen molar-refractivity contribution >= 4 is 0 Å². The van der Waals surface area contributed by atoms with Crippen molar-refractivity contribution in [3.63, 3.8) is 0 Å². The Hall–Kier alpha value is -1.84. The van der Waals surface area contributed by atoms with Gasteiger partial charge in [0.15, 0.2) is 0 Å². The van der Waals surface area contributed by atoms with Crippen molar-refractivity contribution in [2.75, 3.05) is 14.2 Å². The van der Waals surface area contributed by atoms with Crippen LogP contribution in [0, 0.1) is 0 Å². The first kappa shape index (κ1) is 14.6. The monoisotopic (exact) mass is 270 g/mol. The van der Waals surface area contributed by atoms with Crippen LogP contribution in [0.2, 0.25) is 0 Å². The van der Waals surface area contributed by atoms with Gasteiger partial charge in [0.05, 0.1) is 7.11 Å². The number of benzene rings is 2. The van der Waals surface area contributed by atoms with E-state index < -0.39 is 0 Å². The number of ether oxygens (including phenoxy) is 1. The molecule has 106 valence electrons. The lowest BCUT2D eigenvalue weighted by Crippen LogP contribution is -2.19. The third-order valence-corrected chi connectivity index (χ3v) is 3.41. The quantitative estimate of drug-likeness (QED) is 0.877. The molecule has 0 bridgehead atoms. The van der Waals surface area contributed by atoms with E-state index in [1.54, 1.807) is 7.11 Å². The van der Waals surface area contributed by atoms with Crippen LogP contribution >= 0.6 is 0 Å². The van der Waals surface area contributed by atoms with Crippen LogP contribution in [-0.2, 0) is 19.6 Å². The molecular formula is C17H22N2O. The molecule has 0 aliphatic heterocycles. The minimum absolute atomic E-state index is 0.582. The Morgan fingerprint density at radius 2 is 1.45 bits per heavy atom. The molecule has 0 amide bonds. The highest BCUT2D eigenvalue weighted by Gasteiger charge is 2.08. The van der Waals surface area contributed by atoms with Crippen LogP contribution in [0.1, 0.15) is 16.7 Å². The van der Waals surface area contributed by atoms with Crippen LogP contribution in [0.5, 0.6) is 5.75 Å². The number of hydrogen-bond donors (Lipinski definition) is 1. The third-order valence-electron chi connectivity index (χ3n) is 3.41. The van der Waals surface area contributed by atoms with Crippen molar-refractivity contribution in [2.45, 2.75) is 19.6 Å². The van der Waals surface area contributed by atoms with Gasteiger partial charge in [-0.3, -0.25) is 4.90 Å². The van der Waals surface area contributed by atoms with Crippen molar-refractivity contribution in [1.82, 2.24) is 4.90 Å². The van der Waals surface area contributed by atoms with E-state index in [0.717, 1.165) is 18.8 Å². The minimum atomic E-state index is 0.582. The number of nitrogens with two attached hydrogens (primary N) is 1. The second kappa shape index (κ2) is 7.08. The third kappa shape index (κ3) is 3.59. The Balaban J connectivity index is 2.07. The smallest absolute Gasteiger partial charge is 0.123 e. The van der Waals surface area contributed by atoms with Gasteiger partial charge in [0.1, 0.15) is 5.75 Å². The predicted octanol–water partition coefficient (Wildman–Crippen LogP) is 2.79. The van der Waals surface area contributed by atoms with Gasteiger partial charge in [-0.25, -0.2) is 0 Å². The van der Waals surface area contributed by atoms with E-state index in [-0.39, 0.29) is 0 Å². The van der Waals surface area contributed by atoms with Gasteiger partial charge in [0.25, 0.3) is 0 Å². The Morgan fingerprint density at radius 1 is 0.900 bits per heavy atom.